The van der Waals surface area contributed by atoms with Crippen LogP contribution in [0, 0.1) is 0 Å². The first-order valence-electron chi connectivity index (χ1n) is 40.7. The Bertz CT molecular complexity index is 3200. The van der Waals surface area contributed by atoms with Gasteiger partial charge in [0.25, 0.3) is 0 Å². The lowest BCUT2D eigenvalue weighted by Gasteiger charge is -2.11. The Morgan fingerprint density at radius 2 is 0.449 bits per heavy atom. The minimum atomic E-state index is -3.35. The number of hydrogen-bond acceptors (Lipinski definition) is 36. The SMILES string of the molecule is CC(=O)COCCOCCNC(C)=O.CC(=O)COCCOCCNC(C)=O.CCOCCOCCNC(=O)CCC(NC)C(=O)O.CCOCCOCCNC(=O)CCS(=O)(=O)NC.CNC(CCC(=O)NCCOCCOCC(C)=O)C(=O)O.CNC(CCC(C)=O)C(=O)O.CNS(=O)(=O)CCC(=O)NCCOCCOCC(C)=O.CNS(=O)(=O)CCC(C)=O. The van der Waals surface area contributed by atoms with Gasteiger partial charge in [-0.15, -0.1) is 0 Å². The van der Waals surface area contributed by atoms with Crippen LogP contribution in [0.25, 0.3) is 0 Å². The van der Waals surface area contributed by atoms with Crippen molar-refractivity contribution in [2.45, 2.75) is 145 Å². The Kier molecular flexibility index (Phi) is 102. The summed E-state index contributed by atoms with van der Waals surface area (Å²) in [5.74, 6) is -4.74. The van der Waals surface area contributed by atoms with Gasteiger partial charge < -0.3 is 125 Å². The number of likely N-dealkylation sites (N-methyl/N-ethyl adjacent to an activating group) is 3. The zero-order chi connectivity index (χ0) is 98.6. The van der Waals surface area contributed by atoms with Crippen molar-refractivity contribution in [3.05, 3.63) is 0 Å². The molecule has 48 nitrogen and oxygen atoms in total. The lowest BCUT2D eigenvalue weighted by Crippen LogP contribution is -2.36. The monoisotopic (exact) mass is 1900 g/mol. The summed E-state index contributed by atoms with van der Waals surface area (Å²) in [6.45, 7) is 27.0. The number of carboxylic acid groups (broad SMARTS) is 3. The Balaban J connectivity index is -0.000000215. The second-order valence-corrected chi connectivity index (χ2v) is 32.0. The van der Waals surface area contributed by atoms with Crippen molar-refractivity contribution in [1.29, 1.82) is 0 Å². The van der Waals surface area contributed by atoms with Crippen LogP contribution in [-0.2, 0) is 159 Å². The molecule has 51 heteroatoms. The van der Waals surface area contributed by atoms with Crippen molar-refractivity contribution < 1.29 is 169 Å². The normalized spacial score (nSPS) is 11.3. The molecule has 0 fully saturated rings. The number of amides is 6. The number of nitrogens with one attached hydrogen (secondary N) is 12. The Hall–Kier alpha value is -7.62. The number of rotatable bonds is 73. The van der Waals surface area contributed by atoms with Gasteiger partial charge in [0.05, 0.1) is 136 Å². The molecule has 0 aliphatic carbocycles. The van der Waals surface area contributed by atoms with Crippen molar-refractivity contribution in [2.24, 2.45) is 0 Å². The smallest absolute Gasteiger partial charge is 0.320 e. The van der Waals surface area contributed by atoms with E-state index < -0.39 is 66.1 Å². The number of carbonyl (C=O) groups is 15. The predicted octanol–water partition coefficient (Wildman–Crippen LogP) is -4.42. The summed E-state index contributed by atoms with van der Waals surface area (Å²) >= 11 is 0. The largest absolute Gasteiger partial charge is 0.480 e. The number of hydrogen-bond donors (Lipinski definition) is 15. The van der Waals surface area contributed by atoms with E-state index in [-0.39, 0.29) is 159 Å². The lowest BCUT2D eigenvalue weighted by molar-refractivity contribution is -0.140. The van der Waals surface area contributed by atoms with Gasteiger partial charge in [0.1, 0.15) is 56.1 Å². The van der Waals surface area contributed by atoms with Crippen molar-refractivity contribution >= 4 is 118 Å². The predicted molar refractivity (Wildman–Crippen MR) is 466 cm³/mol. The first-order valence-corrected chi connectivity index (χ1v) is 45.6. The standard InChI is InChI=1S/C13H24N2O6.C12H24N2O5.C11H22N2O6S.C10H22N2O5S.2C9H17NO4.C7H13NO3.C5H11NO3S/c1-10(16)9-21-8-7-20-6-5-15-12(17)4-3-11(14-2)13(18)19;1-3-18-8-9-19-7-6-14-11(15)5-4-10(13-2)12(16)17;1-10(14)9-19-7-6-18-5-4-13-11(15)3-8-20(16,17)12-2;1-3-16-7-8-17-6-5-12-10(13)4-9-18(14,15)11-2;2*1-8(11)7-14-6-5-13-4-3-10-9(2)12;1-5(9)3-4-6(8-2)7(10)11;1-5(7)3-4-10(8,9)6-2/h11,14H,3-9H2,1-2H3,(H,15,17)(H,18,19);10,13H,3-9H2,1-2H3,(H,14,15)(H,16,17);12H,3-9H2,1-2H3,(H,13,15);11H,3-9H2,1-2H3,(H,12,13);2*3-7H2,1-2H3,(H,10,12);6,8H,3-4H2,1-2H3,(H,10,11);6H,3-4H2,1-2H3. The van der Waals surface area contributed by atoms with Crippen LogP contribution in [0.1, 0.15) is 127 Å². The van der Waals surface area contributed by atoms with E-state index in [1.54, 1.807) is 21.1 Å². The van der Waals surface area contributed by atoms with E-state index in [4.69, 9.17) is 72.2 Å². The van der Waals surface area contributed by atoms with E-state index in [0.29, 0.717) is 184 Å². The molecular weight excluding hydrogens is 1750 g/mol. The average Bonchev–Trinajstić information content (AvgIpc) is 0.949. The van der Waals surface area contributed by atoms with Crippen LogP contribution < -0.4 is 62.0 Å². The molecule has 0 radical (unpaired) electrons. The summed E-state index contributed by atoms with van der Waals surface area (Å²) in [6.07, 6.45) is 1.44. The number of Topliss-reactive ketones (excluding diaryl/α,β-unsaturated/α-hetero) is 6. The molecule has 0 aromatic rings. The molecule has 748 valence electrons. The van der Waals surface area contributed by atoms with Crippen LogP contribution >= 0.6 is 0 Å². The fraction of sp³-hybridized carbons (Fsp3) is 0.803. The number of carbonyl (C=O) groups excluding carboxylic acids is 12. The highest BCUT2D eigenvalue weighted by atomic mass is 32.2. The van der Waals surface area contributed by atoms with Gasteiger partial charge >= 0.3 is 17.9 Å². The first-order chi connectivity index (χ1) is 59.8. The highest BCUT2D eigenvalue weighted by Gasteiger charge is 2.19. The minimum absolute atomic E-state index is 0.00301. The molecule has 0 saturated carbocycles. The van der Waals surface area contributed by atoms with Crippen LogP contribution in [0.3, 0.4) is 0 Å². The summed E-state index contributed by atoms with van der Waals surface area (Å²) in [5, 5.41) is 49.5. The molecule has 0 spiro atoms. The van der Waals surface area contributed by atoms with Gasteiger partial charge in [-0.05, 0) is 117 Å². The van der Waals surface area contributed by atoms with Crippen LogP contribution in [0.4, 0.5) is 0 Å². The maximum atomic E-state index is 11.4. The second-order valence-electron chi connectivity index (χ2n) is 25.8. The summed E-state index contributed by atoms with van der Waals surface area (Å²) < 4.78 is 133. The molecule has 0 rings (SSSR count). The van der Waals surface area contributed by atoms with Gasteiger partial charge in [-0.25, -0.2) is 39.4 Å². The molecular formula is C76H150N12O36S3. The van der Waals surface area contributed by atoms with Crippen molar-refractivity contribution in [2.75, 3.05) is 257 Å². The molecule has 6 amide bonds. The number of ketones is 6. The molecule has 3 unspecified atom stereocenters. The topological polar surface area (TPSA) is 674 Å². The average molecular weight is 1900 g/mol. The molecule has 0 aromatic heterocycles. The maximum absolute atomic E-state index is 11.4. The minimum Gasteiger partial charge on any atom is -0.480 e. The molecule has 127 heavy (non-hydrogen) atoms. The van der Waals surface area contributed by atoms with Crippen LogP contribution in [0.2, 0.25) is 0 Å². The molecule has 0 saturated heterocycles. The third-order valence-electron chi connectivity index (χ3n) is 14.3. The van der Waals surface area contributed by atoms with Crippen LogP contribution in [0.15, 0.2) is 0 Å². The van der Waals surface area contributed by atoms with E-state index in [2.05, 4.69) is 62.0 Å². The molecule has 0 aliphatic rings. The number of ether oxygens (including phenoxy) is 12. The summed E-state index contributed by atoms with van der Waals surface area (Å²) in [7, 11) is -1.24. The molecule has 0 heterocycles. The summed E-state index contributed by atoms with van der Waals surface area (Å²) in [6, 6.07) is -2.00. The third kappa shape index (κ3) is 123. The second kappa shape index (κ2) is 95.9. The van der Waals surface area contributed by atoms with E-state index in [1.165, 1.54) is 76.5 Å². The van der Waals surface area contributed by atoms with Crippen LogP contribution in [0.5, 0.6) is 0 Å². The maximum Gasteiger partial charge on any atom is 0.320 e. The summed E-state index contributed by atoms with van der Waals surface area (Å²) in [5.41, 5.74) is 0. The highest BCUT2D eigenvalue weighted by Crippen LogP contribution is 2.01. The number of carboxylic acids is 3. The molecule has 0 bridgehead atoms. The fourth-order valence-electron chi connectivity index (χ4n) is 7.58. The first kappa shape index (κ1) is 135. The lowest BCUT2D eigenvalue weighted by atomic mass is 10.1. The fourth-order valence-corrected chi connectivity index (χ4v) is 9.66. The van der Waals surface area contributed by atoms with Gasteiger partial charge in [-0.3, -0.25) is 67.1 Å². The Morgan fingerprint density at radius 3 is 0.638 bits per heavy atom. The van der Waals surface area contributed by atoms with Gasteiger partial charge in [0.2, 0.25) is 65.5 Å². The Morgan fingerprint density at radius 1 is 0.252 bits per heavy atom. The molecule has 0 aromatic carbocycles. The van der Waals surface area contributed by atoms with Crippen molar-refractivity contribution in [3.63, 3.8) is 0 Å². The van der Waals surface area contributed by atoms with Gasteiger partial charge in [0, 0.05) is 105 Å². The highest BCUT2D eigenvalue weighted by molar-refractivity contribution is 7.90. The van der Waals surface area contributed by atoms with E-state index >= 15 is 0 Å². The molecule has 0 aliphatic heterocycles. The third-order valence-corrected chi connectivity index (χ3v) is 18.4. The number of aliphatic carboxylic acids is 3. The quantitative estimate of drug-likeness (QED) is 0.0256. The van der Waals surface area contributed by atoms with Crippen molar-refractivity contribution in [1.82, 2.24) is 62.0 Å². The zero-order valence-corrected chi connectivity index (χ0v) is 79.4. The van der Waals surface area contributed by atoms with E-state index in [1.807, 2.05) is 13.8 Å². The molecule has 15 N–H and O–H groups in total. The number of sulfonamides is 3. The Labute approximate surface area is 748 Å². The van der Waals surface area contributed by atoms with Gasteiger partial charge in [0.15, 0.2) is 23.1 Å². The van der Waals surface area contributed by atoms with Gasteiger partial charge in [-0.1, -0.05) is 0 Å². The summed E-state index contributed by atoms with van der Waals surface area (Å²) in [4.78, 5) is 161. The van der Waals surface area contributed by atoms with Crippen molar-refractivity contribution in [3.8, 4) is 0 Å². The molecule has 3 atom stereocenters. The van der Waals surface area contributed by atoms with E-state index in [9.17, 15) is 97.2 Å². The van der Waals surface area contributed by atoms with Crippen LogP contribution in [-0.4, -0.2) is 404 Å². The van der Waals surface area contributed by atoms with E-state index in [0.717, 1.165) is 0 Å². The van der Waals surface area contributed by atoms with Gasteiger partial charge in [-0.2, -0.15) is 0 Å². The zero-order valence-electron chi connectivity index (χ0n) is 77.0.